The molecule has 0 unspecified atom stereocenters. The van der Waals surface area contributed by atoms with Crippen molar-refractivity contribution in [3.63, 3.8) is 0 Å². The first-order valence-corrected chi connectivity index (χ1v) is 8.48. The molecule has 1 aromatic heterocycles. The number of hydrogen-bond donors (Lipinski definition) is 1. The Morgan fingerprint density at radius 2 is 2.00 bits per heavy atom. The molecular weight excluding hydrogens is 306 g/mol. The van der Waals surface area contributed by atoms with Gasteiger partial charge >= 0.3 is 0 Å². The fourth-order valence-electron chi connectivity index (χ4n) is 2.07. The van der Waals surface area contributed by atoms with Gasteiger partial charge in [-0.05, 0) is 37.6 Å². The number of benzene rings is 2. The number of aromatic nitrogens is 1. The van der Waals surface area contributed by atoms with Crippen molar-refractivity contribution in [2.24, 2.45) is 5.10 Å². The molecule has 2 aromatic carbocycles. The molecule has 0 amide bonds. The quantitative estimate of drug-likeness (QED) is 0.517. The highest BCUT2D eigenvalue weighted by Gasteiger charge is 2.05. The first-order valence-electron chi connectivity index (χ1n) is 7.66. The van der Waals surface area contributed by atoms with E-state index < -0.39 is 0 Å². The number of nitrogens with one attached hydrogen (secondary N) is 1. The Morgan fingerprint density at radius 1 is 1.22 bits per heavy atom. The molecule has 23 heavy (non-hydrogen) atoms. The summed E-state index contributed by atoms with van der Waals surface area (Å²) in [6.45, 7) is 4.17. The van der Waals surface area contributed by atoms with E-state index >= 15 is 0 Å². The molecule has 1 N–H and O–H groups in total. The molecule has 0 aliphatic rings. The number of hydrazone groups is 1. The van der Waals surface area contributed by atoms with Gasteiger partial charge in [-0.3, -0.25) is 5.43 Å². The zero-order valence-corrected chi connectivity index (χ0v) is 14.0. The molecule has 5 heteroatoms. The van der Waals surface area contributed by atoms with Gasteiger partial charge in [0, 0.05) is 5.56 Å². The van der Waals surface area contributed by atoms with Crippen LogP contribution in [0.5, 0.6) is 5.75 Å². The lowest BCUT2D eigenvalue weighted by Gasteiger charge is -2.14. The molecule has 0 bridgehead atoms. The second kappa shape index (κ2) is 7.24. The summed E-state index contributed by atoms with van der Waals surface area (Å²) < 4.78 is 7.06. The molecule has 3 rings (SSSR count). The minimum Gasteiger partial charge on any atom is -0.490 e. The Hall–Kier alpha value is -2.40. The summed E-state index contributed by atoms with van der Waals surface area (Å²) >= 11 is 1.58. The largest absolute Gasteiger partial charge is 0.490 e. The summed E-state index contributed by atoms with van der Waals surface area (Å²) in [4.78, 5) is 4.49. The maximum atomic E-state index is 5.91. The summed E-state index contributed by atoms with van der Waals surface area (Å²) in [5.41, 5.74) is 4.93. The van der Waals surface area contributed by atoms with E-state index in [2.05, 4.69) is 35.4 Å². The molecule has 1 atom stereocenters. The smallest absolute Gasteiger partial charge is 0.204 e. The Kier molecular flexibility index (Phi) is 4.88. The van der Waals surface area contributed by atoms with Crippen LogP contribution in [0.4, 0.5) is 5.13 Å². The first-order chi connectivity index (χ1) is 11.3. The molecular formula is C18H19N3OS. The zero-order valence-electron chi connectivity index (χ0n) is 13.2. The van der Waals surface area contributed by atoms with Gasteiger partial charge in [0.15, 0.2) is 0 Å². The summed E-state index contributed by atoms with van der Waals surface area (Å²) in [6, 6.07) is 15.9. The van der Waals surface area contributed by atoms with E-state index in [1.165, 1.54) is 0 Å². The van der Waals surface area contributed by atoms with Crippen LogP contribution in [0, 0.1) is 0 Å². The normalized spacial score (nSPS) is 12.6. The third-order valence-electron chi connectivity index (χ3n) is 3.48. The highest BCUT2D eigenvalue weighted by molar-refractivity contribution is 7.22. The lowest BCUT2D eigenvalue weighted by atomic mass is 10.2. The average Bonchev–Trinajstić information content (AvgIpc) is 2.99. The topological polar surface area (TPSA) is 46.5 Å². The molecule has 1 heterocycles. The molecule has 4 nitrogen and oxygen atoms in total. The number of para-hydroxylation sites is 2. The third kappa shape index (κ3) is 3.87. The van der Waals surface area contributed by atoms with Gasteiger partial charge in [0.25, 0.3) is 0 Å². The maximum absolute atomic E-state index is 5.91. The van der Waals surface area contributed by atoms with E-state index in [1.54, 1.807) is 17.6 Å². The van der Waals surface area contributed by atoms with Crippen LogP contribution < -0.4 is 10.2 Å². The van der Waals surface area contributed by atoms with E-state index in [9.17, 15) is 0 Å². The molecule has 0 saturated carbocycles. The maximum Gasteiger partial charge on any atom is 0.204 e. The van der Waals surface area contributed by atoms with E-state index in [0.717, 1.165) is 33.1 Å². The SMILES string of the molecule is CC[C@@H](C)Oc1ccccc1/C=N\Nc1nc2ccccc2s1. The first kappa shape index (κ1) is 15.5. The molecule has 118 valence electrons. The van der Waals surface area contributed by atoms with Crippen LogP contribution >= 0.6 is 11.3 Å². The second-order valence-corrected chi connectivity index (χ2v) is 6.26. The molecule has 3 aromatic rings. The summed E-state index contributed by atoms with van der Waals surface area (Å²) in [6.07, 6.45) is 2.92. The Labute approximate surface area is 139 Å². The number of hydrogen-bond acceptors (Lipinski definition) is 5. The molecule has 0 aliphatic carbocycles. The van der Waals surface area contributed by atoms with Crippen molar-refractivity contribution in [3.8, 4) is 5.75 Å². The van der Waals surface area contributed by atoms with E-state index in [1.807, 2.05) is 42.5 Å². The van der Waals surface area contributed by atoms with Crippen LogP contribution in [0.15, 0.2) is 53.6 Å². The predicted octanol–water partition coefficient (Wildman–Crippen LogP) is 4.92. The van der Waals surface area contributed by atoms with Crippen molar-refractivity contribution >= 4 is 32.9 Å². The lowest BCUT2D eigenvalue weighted by molar-refractivity contribution is 0.217. The third-order valence-corrected chi connectivity index (χ3v) is 4.42. The standard InChI is InChI=1S/C18H19N3OS/c1-3-13(2)22-16-10-6-4-8-14(16)12-19-21-18-20-15-9-5-7-11-17(15)23-18/h4-13H,3H2,1-2H3,(H,20,21)/b19-12-/t13-/m1/s1. The average molecular weight is 325 g/mol. The Balaban J connectivity index is 1.72. The number of nitrogens with zero attached hydrogens (tertiary/aromatic N) is 2. The van der Waals surface area contributed by atoms with Crippen molar-refractivity contribution in [1.82, 2.24) is 4.98 Å². The monoisotopic (exact) mass is 325 g/mol. The van der Waals surface area contributed by atoms with Crippen molar-refractivity contribution in [2.45, 2.75) is 26.4 Å². The lowest BCUT2D eigenvalue weighted by Crippen LogP contribution is -2.11. The van der Waals surface area contributed by atoms with Gasteiger partial charge in [-0.2, -0.15) is 5.10 Å². The minimum atomic E-state index is 0.182. The van der Waals surface area contributed by atoms with E-state index in [4.69, 9.17) is 4.74 Å². The number of anilines is 1. The molecule has 0 radical (unpaired) electrons. The van der Waals surface area contributed by atoms with Gasteiger partial charge in [-0.15, -0.1) is 0 Å². The van der Waals surface area contributed by atoms with Gasteiger partial charge in [0.1, 0.15) is 5.75 Å². The number of fused-ring (bicyclic) bond motifs is 1. The molecule has 0 spiro atoms. The van der Waals surface area contributed by atoms with Gasteiger partial charge in [-0.25, -0.2) is 4.98 Å². The van der Waals surface area contributed by atoms with Gasteiger partial charge < -0.3 is 4.74 Å². The van der Waals surface area contributed by atoms with Gasteiger partial charge in [-0.1, -0.05) is 42.5 Å². The van der Waals surface area contributed by atoms with Crippen molar-refractivity contribution in [1.29, 1.82) is 0 Å². The highest BCUT2D eigenvalue weighted by Crippen LogP contribution is 2.25. The Bertz CT molecular complexity index is 780. The highest BCUT2D eigenvalue weighted by atomic mass is 32.1. The van der Waals surface area contributed by atoms with Crippen molar-refractivity contribution < 1.29 is 4.74 Å². The van der Waals surface area contributed by atoms with Gasteiger partial charge in [0.2, 0.25) is 5.13 Å². The predicted molar refractivity (Wildman–Crippen MR) is 97.7 cm³/mol. The molecule has 0 aliphatic heterocycles. The van der Waals surface area contributed by atoms with Crippen LogP contribution in [0.2, 0.25) is 0 Å². The number of ether oxygens (including phenoxy) is 1. The van der Waals surface area contributed by atoms with Crippen molar-refractivity contribution in [3.05, 3.63) is 54.1 Å². The van der Waals surface area contributed by atoms with E-state index in [-0.39, 0.29) is 6.10 Å². The van der Waals surface area contributed by atoms with Crippen LogP contribution in [-0.4, -0.2) is 17.3 Å². The fraction of sp³-hybridized carbons (Fsp3) is 0.222. The number of thiazole rings is 1. The summed E-state index contributed by atoms with van der Waals surface area (Å²) in [5.74, 6) is 0.844. The number of rotatable bonds is 6. The van der Waals surface area contributed by atoms with Gasteiger partial charge in [0.05, 0.1) is 22.5 Å². The fourth-order valence-corrected chi connectivity index (χ4v) is 2.89. The van der Waals surface area contributed by atoms with Crippen LogP contribution in [0.1, 0.15) is 25.8 Å². The van der Waals surface area contributed by atoms with Crippen LogP contribution in [0.3, 0.4) is 0 Å². The van der Waals surface area contributed by atoms with Crippen LogP contribution in [-0.2, 0) is 0 Å². The Morgan fingerprint density at radius 3 is 2.83 bits per heavy atom. The summed E-state index contributed by atoms with van der Waals surface area (Å²) in [5, 5.41) is 5.07. The molecule has 0 fully saturated rings. The second-order valence-electron chi connectivity index (χ2n) is 5.23. The van der Waals surface area contributed by atoms with Crippen LogP contribution in [0.25, 0.3) is 10.2 Å². The molecule has 0 saturated heterocycles. The summed E-state index contributed by atoms with van der Waals surface area (Å²) in [7, 11) is 0. The minimum absolute atomic E-state index is 0.182. The zero-order chi connectivity index (χ0) is 16.1. The van der Waals surface area contributed by atoms with E-state index in [0.29, 0.717) is 0 Å². The van der Waals surface area contributed by atoms with Crippen molar-refractivity contribution in [2.75, 3.05) is 5.43 Å².